The molecule has 1 aliphatic carbocycles. The van der Waals surface area contributed by atoms with Gasteiger partial charge in [0.2, 0.25) is 0 Å². The number of halogens is 3. The van der Waals surface area contributed by atoms with Crippen LogP contribution in [0.15, 0.2) is 41.1 Å². The van der Waals surface area contributed by atoms with Gasteiger partial charge in [0.05, 0.1) is 6.20 Å². The standard InChI is InChI=1S/C25H27F3N2O2/c1-16-29-15-24(32-16)19-8-9-20-14-30-22(12-21(20)11-19)13-23(31)18-6-4-17(5-7-18)3-2-10-25(26,27)28/h8-9,11-12,14-15,17-18H,2-7,10,13H2,1H3. The van der Waals surface area contributed by atoms with Gasteiger partial charge in [-0.25, -0.2) is 4.98 Å². The van der Waals surface area contributed by atoms with Gasteiger partial charge in [0.1, 0.15) is 5.78 Å². The quantitative estimate of drug-likeness (QED) is 0.400. The number of hydrogen-bond acceptors (Lipinski definition) is 4. The summed E-state index contributed by atoms with van der Waals surface area (Å²) in [5, 5.41) is 1.98. The van der Waals surface area contributed by atoms with Gasteiger partial charge in [-0.15, -0.1) is 0 Å². The summed E-state index contributed by atoms with van der Waals surface area (Å²) in [6.45, 7) is 1.80. The number of rotatable bonds is 7. The topological polar surface area (TPSA) is 56.0 Å². The monoisotopic (exact) mass is 444 g/mol. The molecule has 1 saturated carbocycles. The highest BCUT2D eigenvalue weighted by Gasteiger charge is 2.29. The fourth-order valence-electron chi connectivity index (χ4n) is 4.62. The van der Waals surface area contributed by atoms with Crippen LogP contribution < -0.4 is 0 Å². The fourth-order valence-corrected chi connectivity index (χ4v) is 4.62. The summed E-state index contributed by atoms with van der Waals surface area (Å²) >= 11 is 0. The summed E-state index contributed by atoms with van der Waals surface area (Å²) in [5.41, 5.74) is 1.66. The lowest BCUT2D eigenvalue weighted by Crippen LogP contribution is -2.23. The predicted molar refractivity (Wildman–Crippen MR) is 116 cm³/mol. The number of aromatic nitrogens is 2. The minimum Gasteiger partial charge on any atom is -0.441 e. The lowest BCUT2D eigenvalue weighted by atomic mass is 9.77. The molecule has 0 spiro atoms. The number of alkyl halides is 3. The Morgan fingerprint density at radius 3 is 2.53 bits per heavy atom. The molecule has 0 radical (unpaired) electrons. The molecule has 0 N–H and O–H groups in total. The Balaban J connectivity index is 1.34. The highest BCUT2D eigenvalue weighted by Crippen LogP contribution is 2.34. The molecule has 2 aromatic heterocycles. The molecule has 170 valence electrons. The molecular formula is C25H27F3N2O2. The third-order valence-electron chi connectivity index (χ3n) is 6.41. The molecule has 1 aromatic carbocycles. The van der Waals surface area contributed by atoms with Gasteiger partial charge in [-0.3, -0.25) is 9.78 Å². The second-order valence-corrected chi connectivity index (χ2v) is 8.85. The zero-order valence-electron chi connectivity index (χ0n) is 18.1. The van der Waals surface area contributed by atoms with Crippen molar-refractivity contribution < 1.29 is 22.4 Å². The molecule has 7 heteroatoms. The van der Waals surface area contributed by atoms with Crippen LogP contribution in [-0.2, 0) is 11.2 Å². The first-order chi connectivity index (χ1) is 15.3. The zero-order chi connectivity index (χ0) is 22.7. The van der Waals surface area contributed by atoms with E-state index in [1.807, 2.05) is 24.3 Å². The van der Waals surface area contributed by atoms with Crippen molar-refractivity contribution in [3.63, 3.8) is 0 Å². The molecule has 4 nitrogen and oxygen atoms in total. The molecule has 4 rings (SSSR count). The van der Waals surface area contributed by atoms with Crippen LogP contribution in [0, 0.1) is 18.8 Å². The third-order valence-corrected chi connectivity index (χ3v) is 6.41. The molecule has 0 unspecified atom stereocenters. The van der Waals surface area contributed by atoms with Crippen LogP contribution in [-0.4, -0.2) is 21.9 Å². The maximum atomic E-state index is 12.8. The first-order valence-corrected chi connectivity index (χ1v) is 11.2. The Morgan fingerprint density at radius 2 is 1.84 bits per heavy atom. The molecule has 1 aliphatic rings. The Hall–Kier alpha value is -2.70. The summed E-state index contributed by atoms with van der Waals surface area (Å²) in [7, 11) is 0. The van der Waals surface area contributed by atoms with Crippen LogP contribution in [0.5, 0.6) is 0 Å². The van der Waals surface area contributed by atoms with Crippen LogP contribution in [0.25, 0.3) is 22.1 Å². The molecule has 2 heterocycles. The average molecular weight is 444 g/mol. The first-order valence-electron chi connectivity index (χ1n) is 11.2. The maximum absolute atomic E-state index is 12.8. The van der Waals surface area contributed by atoms with Crippen molar-refractivity contribution in [2.75, 3.05) is 0 Å². The lowest BCUT2D eigenvalue weighted by Gasteiger charge is -2.27. The molecule has 32 heavy (non-hydrogen) atoms. The number of oxazole rings is 1. The van der Waals surface area contributed by atoms with Gasteiger partial charge in [0, 0.05) is 48.5 Å². The normalized spacial score (nSPS) is 19.4. The van der Waals surface area contributed by atoms with Crippen LogP contribution in [0.1, 0.15) is 56.5 Å². The van der Waals surface area contributed by atoms with E-state index >= 15 is 0 Å². The number of pyridine rings is 1. The molecule has 3 aromatic rings. The van der Waals surface area contributed by atoms with E-state index in [1.54, 1.807) is 19.3 Å². The second-order valence-electron chi connectivity index (χ2n) is 8.85. The van der Waals surface area contributed by atoms with E-state index in [1.165, 1.54) is 0 Å². The predicted octanol–water partition coefficient (Wildman–Crippen LogP) is 6.85. The van der Waals surface area contributed by atoms with Crippen molar-refractivity contribution in [2.45, 2.75) is 64.5 Å². The molecular weight excluding hydrogens is 417 g/mol. The third kappa shape index (κ3) is 5.75. The largest absolute Gasteiger partial charge is 0.441 e. The summed E-state index contributed by atoms with van der Waals surface area (Å²) in [4.78, 5) is 21.4. The SMILES string of the molecule is Cc1ncc(-c2ccc3cnc(CC(=O)C4CCC(CCCC(F)(F)F)CC4)cc3c2)o1. The molecule has 0 aliphatic heterocycles. The van der Waals surface area contributed by atoms with Gasteiger partial charge < -0.3 is 4.42 Å². The number of aryl methyl sites for hydroxylation is 1. The minimum atomic E-state index is -4.07. The molecule has 0 bridgehead atoms. The van der Waals surface area contributed by atoms with Gasteiger partial charge in [-0.05, 0) is 55.5 Å². The van der Waals surface area contributed by atoms with E-state index in [0.717, 1.165) is 47.7 Å². The maximum Gasteiger partial charge on any atom is 0.389 e. The highest BCUT2D eigenvalue weighted by molar-refractivity contribution is 5.88. The van der Waals surface area contributed by atoms with Crippen molar-refractivity contribution >= 4 is 16.6 Å². The van der Waals surface area contributed by atoms with Gasteiger partial charge in [-0.2, -0.15) is 13.2 Å². The number of nitrogens with zero attached hydrogens (tertiary/aromatic N) is 2. The van der Waals surface area contributed by atoms with Gasteiger partial charge >= 0.3 is 6.18 Å². The number of carbonyl (C=O) groups excluding carboxylic acids is 1. The number of carbonyl (C=O) groups is 1. The van der Waals surface area contributed by atoms with Crippen LogP contribution >= 0.6 is 0 Å². The second kappa shape index (κ2) is 9.43. The van der Waals surface area contributed by atoms with E-state index in [2.05, 4.69) is 9.97 Å². The minimum absolute atomic E-state index is 0.0186. The first kappa shape index (κ1) is 22.5. The van der Waals surface area contributed by atoms with Gasteiger partial charge in [-0.1, -0.05) is 18.6 Å². The fraction of sp³-hybridized carbons (Fsp3) is 0.480. The van der Waals surface area contributed by atoms with E-state index in [4.69, 9.17) is 4.42 Å². The molecule has 0 saturated heterocycles. The Morgan fingerprint density at radius 1 is 1.06 bits per heavy atom. The smallest absolute Gasteiger partial charge is 0.389 e. The van der Waals surface area contributed by atoms with Crippen molar-refractivity contribution in [1.29, 1.82) is 0 Å². The highest BCUT2D eigenvalue weighted by atomic mass is 19.4. The van der Waals surface area contributed by atoms with E-state index in [-0.39, 0.29) is 24.5 Å². The summed E-state index contributed by atoms with van der Waals surface area (Å²) < 4.78 is 42.6. The Labute approximate surface area is 185 Å². The number of Topliss-reactive ketones (excluding diaryl/α,β-unsaturated/α-hetero) is 1. The number of hydrogen-bond donors (Lipinski definition) is 0. The Kier molecular flexibility index (Phi) is 6.63. The summed E-state index contributed by atoms with van der Waals surface area (Å²) in [5.74, 6) is 1.77. The van der Waals surface area contributed by atoms with E-state index < -0.39 is 12.6 Å². The molecule has 1 fully saturated rings. The number of fused-ring (bicyclic) bond motifs is 1. The summed E-state index contributed by atoms with van der Waals surface area (Å²) in [6, 6.07) is 7.89. The van der Waals surface area contributed by atoms with Gasteiger partial charge in [0.25, 0.3) is 0 Å². The van der Waals surface area contributed by atoms with Crippen LogP contribution in [0.4, 0.5) is 13.2 Å². The Bertz CT molecular complexity index is 1080. The van der Waals surface area contributed by atoms with E-state index in [0.29, 0.717) is 24.0 Å². The van der Waals surface area contributed by atoms with Crippen LogP contribution in [0.3, 0.4) is 0 Å². The zero-order valence-corrected chi connectivity index (χ0v) is 18.1. The van der Waals surface area contributed by atoms with Crippen molar-refractivity contribution in [3.8, 4) is 11.3 Å². The molecule has 0 atom stereocenters. The van der Waals surface area contributed by atoms with Crippen molar-refractivity contribution in [1.82, 2.24) is 9.97 Å². The average Bonchev–Trinajstić information content (AvgIpc) is 3.19. The number of benzene rings is 1. The van der Waals surface area contributed by atoms with E-state index in [9.17, 15) is 18.0 Å². The lowest BCUT2D eigenvalue weighted by molar-refractivity contribution is -0.136. The van der Waals surface area contributed by atoms with Crippen LogP contribution in [0.2, 0.25) is 0 Å². The van der Waals surface area contributed by atoms with Crippen molar-refractivity contribution in [2.24, 2.45) is 11.8 Å². The number of ketones is 1. The summed E-state index contributed by atoms with van der Waals surface area (Å²) in [6.07, 6.45) is 2.95. The van der Waals surface area contributed by atoms with Crippen molar-refractivity contribution in [3.05, 3.63) is 48.2 Å². The van der Waals surface area contributed by atoms with Gasteiger partial charge in [0.15, 0.2) is 11.7 Å². The molecule has 0 amide bonds.